The minimum Gasteiger partial charge on any atom is -0.423 e. The molecule has 0 aliphatic carbocycles. The van der Waals surface area contributed by atoms with Crippen molar-refractivity contribution in [2.75, 3.05) is 11.1 Å². The summed E-state index contributed by atoms with van der Waals surface area (Å²) < 4.78 is 5.35. The summed E-state index contributed by atoms with van der Waals surface area (Å²) in [6.45, 7) is 8.34. The van der Waals surface area contributed by atoms with Crippen LogP contribution < -0.4 is 10.9 Å². The number of aryl methyl sites for hydroxylation is 2. The molecule has 3 aromatic rings. The van der Waals surface area contributed by atoms with E-state index in [1.165, 1.54) is 17.8 Å². The molecule has 2 aromatic carbocycles. The lowest BCUT2D eigenvalue weighted by molar-refractivity contribution is -0.113. The Morgan fingerprint density at radius 1 is 1.14 bits per heavy atom. The van der Waals surface area contributed by atoms with Crippen LogP contribution in [0.2, 0.25) is 0 Å². The maximum absolute atomic E-state index is 12.5. The van der Waals surface area contributed by atoms with E-state index in [0.717, 1.165) is 39.7 Å². The number of carbonyl (C=O) groups excluding carboxylic acids is 1. The summed E-state index contributed by atoms with van der Waals surface area (Å²) in [5.74, 6) is 1.25. The van der Waals surface area contributed by atoms with Gasteiger partial charge in [0.05, 0.1) is 5.75 Å². The van der Waals surface area contributed by atoms with Gasteiger partial charge in [0, 0.05) is 22.9 Å². The molecule has 4 nitrogen and oxygen atoms in total. The van der Waals surface area contributed by atoms with E-state index >= 15 is 0 Å². The van der Waals surface area contributed by atoms with Gasteiger partial charge in [-0.25, -0.2) is 4.79 Å². The zero-order valence-corrected chi connectivity index (χ0v) is 18.2. The Balaban J connectivity index is 1.69. The summed E-state index contributed by atoms with van der Waals surface area (Å²) >= 11 is 1.49. The number of carbonyl (C=O) groups is 1. The third kappa shape index (κ3) is 5.10. The highest BCUT2D eigenvalue weighted by atomic mass is 32.2. The fourth-order valence-corrected chi connectivity index (χ4v) is 4.12. The molecule has 0 bridgehead atoms. The van der Waals surface area contributed by atoms with E-state index in [1.807, 2.05) is 44.2 Å². The molecule has 5 heteroatoms. The predicted molar refractivity (Wildman–Crippen MR) is 122 cm³/mol. The highest BCUT2D eigenvalue weighted by Gasteiger charge is 2.12. The van der Waals surface area contributed by atoms with Gasteiger partial charge in [-0.2, -0.15) is 0 Å². The van der Waals surface area contributed by atoms with E-state index < -0.39 is 0 Å². The van der Waals surface area contributed by atoms with Crippen molar-refractivity contribution < 1.29 is 9.21 Å². The van der Waals surface area contributed by atoms with Crippen LogP contribution in [0.4, 0.5) is 5.69 Å². The number of para-hydroxylation sites is 1. The van der Waals surface area contributed by atoms with E-state index in [2.05, 4.69) is 25.2 Å². The molecule has 0 fully saturated rings. The summed E-state index contributed by atoms with van der Waals surface area (Å²) in [4.78, 5) is 24.4. The van der Waals surface area contributed by atoms with E-state index in [9.17, 15) is 9.59 Å². The average Bonchev–Trinajstić information content (AvgIpc) is 2.69. The van der Waals surface area contributed by atoms with Crippen LogP contribution >= 0.6 is 11.8 Å². The van der Waals surface area contributed by atoms with Crippen LogP contribution in [0.5, 0.6) is 0 Å². The maximum Gasteiger partial charge on any atom is 0.336 e. The monoisotopic (exact) mass is 409 g/mol. The zero-order valence-electron chi connectivity index (χ0n) is 17.4. The van der Waals surface area contributed by atoms with Crippen molar-refractivity contribution in [3.63, 3.8) is 0 Å². The van der Waals surface area contributed by atoms with Gasteiger partial charge in [0.25, 0.3) is 0 Å². The van der Waals surface area contributed by atoms with Crippen molar-refractivity contribution in [1.82, 2.24) is 0 Å². The third-order valence-corrected chi connectivity index (χ3v) is 6.29. The van der Waals surface area contributed by atoms with Gasteiger partial charge in [-0.1, -0.05) is 32.0 Å². The lowest BCUT2D eigenvalue weighted by Gasteiger charge is -2.15. The smallest absolute Gasteiger partial charge is 0.336 e. The number of nitrogens with one attached hydrogen (secondary N) is 1. The lowest BCUT2D eigenvalue weighted by Crippen LogP contribution is -2.16. The number of hydrogen-bond donors (Lipinski definition) is 1. The highest BCUT2D eigenvalue weighted by Crippen LogP contribution is 2.27. The van der Waals surface area contributed by atoms with Gasteiger partial charge < -0.3 is 9.73 Å². The van der Waals surface area contributed by atoms with Crippen LogP contribution in [-0.4, -0.2) is 11.7 Å². The minimum atomic E-state index is -0.358. The van der Waals surface area contributed by atoms with E-state index in [0.29, 0.717) is 23.0 Å². The predicted octanol–water partition coefficient (Wildman–Crippen LogP) is 5.80. The molecule has 0 unspecified atom stereocenters. The Hall–Kier alpha value is -2.53. The molecule has 0 radical (unpaired) electrons. The Morgan fingerprint density at radius 2 is 1.86 bits per heavy atom. The SMILES string of the molecule is CC[C@@H](C)c1ccccc1NC(=O)CSCc1cc(=O)oc2cc(C)c(C)cc12. The molecule has 0 saturated carbocycles. The van der Waals surface area contributed by atoms with Crippen LogP contribution in [0.1, 0.15) is 48.4 Å². The van der Waals surface area contributed by atoms with Crippen molar-refractivity contribution in [1.29, 1.82) is 0 Å². The van der Waals surface area contributed by atoms with Crippen molar-refractivity contribution in [2.24, 2.45) is 0 Å². The maximum atomic E-state index is 12.5. The van der Waals surface area contributed by atoms with Crippen LogP contribution in [-0.2, 0) is 10.5 Å². The number of fused-ring (bicyclic) bond motifs is 1. The standard InChI is InChI=1S/C24H27NO3S/c1-5-15(2)19-8-6-7-9-21(19)25-23(26)14-29-13-18-12-24(27)28-22-11-17(4)16(3)10-20(18)22/h6-12,15H,5,13-14H2,1-4H3,(H,25,26)/t15-/m1/s1. The van der Waals surface area contributed by atoms with Gasteiger partial charge in [0.1, 0.15) is 5.58 Å². The highest BCUT2D eigenvalue weighted by molar-refractivity contribution is 7.99. The number of thioether (sulfide) groups is 1. The van der Waals surface area contributed by atoms with Gasteiger partial charge >= 0.3 is 5.63 Å². The van der Waals surface area contributed by atoms with Gasteiger partial charge in [0.15, 0.2) is 0 Å². The molecule has 0 aliphatic rings. The Morgan fingerprint density at radius 3 is 2.62 bits per heavy atom. The fourth-order valence-electron chi connectivity index (χ4n) is 3.30. The molecule has 1 N–H and O–H groups in total. The van der Waals surface area contributed by atoms with Gasteiger partial charge in [-0.3, -0.25) is 4.79 Å². The third-order valence-electron chi connectivity index (χ3n) is 5.31. The zero-order chi connectivity index (χ0) is 21.0. The first-order valence-electron chi connectivity index (χ1n) is 9.89. The molecule has 1 heterocycles. The number of benzene rings is 2. The topological polar surface area (TPSA) is 59.3 Å². The second-order valence-electron chi connectivity index (χ2n) is 7.46. The molecule has 1 atom stereocenters. The van der Waals surface area contributed by atoms with Crippen LogP contribution in [0, 0.1) is 13.8 Å². The summed E-state index contributed by atoms with van der Waals surface area (Å²) in [5.41, 5.74) is 5.42. The Bertz CT molecular complexity index is 1090. The fraction of sp³-hybridized carbons (Fsp3) is 0.333. The van der Waals surface area contributed by atoms with Gasteiger partial charge in [-0.15, -0.1) is 11.8 Å². The number of hydrogen-bond acceptors (Lipinski definition) is 4. The summed E-state index contributed by atoms with van der Waals surface area (Å²) in [7, 11) is 0. The molecule has 0 spiro atoms. The number of rotatable bonds is 7. The first-order chi connectivity index (χ1) is 13.9. The van der Waals surface area contributed by atoms with E-state index in [1.54, 1.807) is 0 Å². The Kier molecular flexibility index (Phi) is 6.80. The van der Waals surface area contributed by atoms with Crippen molar-refractivity contribution >= 4 is 34.3 Å². The normalized spacial score (nSPS) is 12.1. The molecule has 29 heavy (non-hydrogen) atoms. The number of amides is 1. The van der Waals surface area contributed by atoms with Crippen LogP contribution in [0.15, 0.2) is 51.7 Å². The largest absolute Gasteiger partial charge is 0.423 e. The number of anilines is 1. The van der Waals surface area contributed by atoms with E-state index in [-0.39, 0.29) is 11.5 Å². The second kappa shape index (κ2) is 9.31. The lowest BCUT2D eigenvalue weighted by atomic mass is 9.97. The van der Waals surface area contributed by atoms with E-state index in [4.69, 9.17) is 4.42 Å². The van der Waals surface area contributed by atoms with Crippen LogP contribution in [0.25, 0.3) is 11.0 Å². The van der Waals surface area contributed by atoms with Crippen LogP contribution in [0.3, 0.4) is 0 Å². The minimum absolute atomic E-state index is 0.0370. The summed E-state index contributed by atoms with van der Waals surface area (Å²) in [6, 6.07) is 13.4. The summed E-state index contributed by atoms with van der Waals surface area (Å²) in [5, 5.41) is 3.97. The van der Waals surface area contributed by atoms with Crippen molar-refractivity contribution in [3.8, 4) is 0 Å². The van der Waals surface area contributed by atoms with Gasteiger partial charge in [-0.05, 0) is 66.6 Å². The second-order valence-corrected chi connectivity index (χ2v) is 8.45. The molecule has 0 saturated heterocycles. The van der Waals surface area contributed by atoms with Crippen molar-refractivity contribution in [2.45, 2.75) is 45.8 Å². The molecule has 0 aliphatic heterocycles. The van der Waals surface area contributed by atoms with Gasteiger partial charge in [0.2, 0.25) is 5.91 Å². The van der Waals surface area contributed by atoms with Crippen molar-refractivity contribution in [3.05, 3.63) is 75.1 Å². The average molecular weight is 410 g/mol. The molecule has 152 valence electrons. The first-order valence-corrected chi connectivity index (χ1v) is 11.0. The Labute approximate surface area is 175 Å². The molecule has 1 amide bonds. The quantitative estimate of drug-likeness (QED) is 0.501. The molecule has 1 aromatic heterocycles. The molecular weight excluding hydrogens is 382 g/mol. The molecular formula is C24H27NO3S. The summed E-state index contributed by atoms with van der Waals surface area (Å²) in [6.07, 6.45) is 1.02. The molecule has 3 rings (SSSR count). The first kappa shape index (κ1) is 21.2.